The van der Waals surface area contributed by atoms with E-state index in [1.165, 1.54) is 30.5 Å². The molecule has 0 aliphatic rings. The third-order valence-corrected chi connectivity index (χ3v) is 3.38. The fourth-order valence-electron chi connectivity index (χ4n) is 1.48. The van der Waals surface area contributed by atoms with Gasteiger partial charge in [0.1, 0.15) is 5.03 Å². The molecule has 0 amide bonds. The molecule has 1 heterocycles. The minimum Gasteiger partial charge on any atom is -0.545 e. The van der Waals surface area contributed by atoms with E-state index >= 15 is 0 Å². The summed E-state index contributed by atoms with van der Waals surface area (Å²) >= 11 is 0.841. The van der Waals surface area contributed by atoms with Gasteiger partial charge in [-0.25, -0.2) is 4.98 Å². The van der Waals surface area contributed by atoms with Crippen molar-refractivity contribution >= 4 is 17.7 Å². The molecule has 1 aromatic carbocycles. The molecule has 104 valence electrons. The van der Waals surface area contributed by atoms with Gasteiger partial charge >= 0.3 is 6.18 Å². The third-order valence-electron chi connectivity index (χ3n) is 2.37. The molecule has 0 saturated carbocycles. The molecule has 1 aromatic heterocycles. The predicted octanol–water partition coefficient (Wildman–Crippen LogP) is 2.62. The van der Waals surface area contributed by atoms with Gasteiger partial charge < -0.3 is 9.90 Å². The smallest absolute Gasteiger partial charge is 0.416 e. The molecule has 0 unspecified atom stereocenters. The van der Waals surface area contributed by atoms with E-state index in [2.05, 4.69) is 4.98 Å². The van der Waals surface area contributed by atoms with Crippen molar-refractivity contribution in [2.75, 3.05) is 0 Å². The monoisotopic (exact) mass is 298 g/mol. The number of carbonyl (C=O) groups is 1. The van der Waals surface area contributed by atoms with Crippen molar-refractivity contribution in [3.63, 3.8) is 0 Å². The quantitative estimate of drug-likeness (QED) is 0.874. The lowest BCUT2D eigenvalue weighted by atomic mass is 10.2. The predicted molar refractivity (Wildman–Crippen MR) is 64.1 cm³/mol. The van der Waals surface area contributed by atoms with Crippen LogP contribution in [0, 0.1) is 0 Å². The number of alkyl halides is 3. The Hall–Kier alpha value is -2.02. The van der Waals surface area contributed by atoms with Crippen molar-refractivity contribution in [1.29, 1.82) is 0 Å². The summed E-state index contributed by atoms with van der Waals surface area (Å²) < 4.78 is 37.8. The van der Waals surface area contributed by atoms with Crippen LogP contribution in [0.25, 0.3) is 0 Å². The number of benzene rings is 1. The highest BCUT2D eigenvalue weighted by Gasteiger charge is 2.30. The van der Waals surface area contributed by atoms with Crippen molar-refractivity contribution in [1.82, 2.24) is 4.98 Å². The average molecular weight is 298 g/mol. The van der Waals surface area contributed by atoms with E-state index in [-0.39, 0.29) is 15.5 Å². The van der Waals surface area contributed by atoms with E-state index in [1.807, 2.05) is 0 Å². The molecule has 0 atom stereocenters. The summed E-state index contributed by atoms with van der Waals surface area (Å²) in [6, 6.07) is 7.31. The first-order valence-corrected chi connectivity index (χ1v) is 6.21. The van der Waals surface area contributed by atoms with Crippen LogP contribution in [0.4, 0.5) is 13.2 Å². The molecule has 3 nitrogen and oxygen atoms in total. The van der Waals surface area contributed by atoms with E-state index in [9.17, 15) is 23.1 Å². The minimum atomic E-state index is -4.45. The van der Waals surface area contributed by atoms with Crippen molar-refractivity contribution in [3.05, 3.63) is 53.7 Å². The summed E-state index contributed by atoms with van der Waals surface area (Å²) in [6.07, 6.45) is -3.08. The maximum atomic E-state index is 12.6. The average Bonchev–Trinajstić information content (AvgIpc) is 2.38. The number of aromatic carboxylic acids is 1. The van der Waals surface area contributed by atoms with Gasteiger partial charge in [0.15, 0.2) is 0 Å². The second kappa shape index (κ2) is 5.54. The van der Waals surface area contributed by atoms with Gasteiger partial charge in [-0.1, -0.05) is 17.8 Å². The first-order valence-electron chi connectivity index (χ1n) is 5.39. The fraction of sp³-hybridized carbons (Fsp3) is 0.0769. The Kier molecular flexibility index (Phi) is 3.99. The molecule has 7 heteroatoms. The zero-order valence-corrected chi connectivity index (χ0v) is 10.7. The van der Waals surface area contributed by atoms with Gasteiger partial charge in [-0.15, -0.1) is 0 Å². The Labute approximate surface area is 116 Å². The molecule has 0 radical (unpaired) electrons. The summed E-state index contributed by atoms with van der Waals surface area (Å²) in [5, 5.41) is 11.0. The van der Waals surface area contributed by atoms with E-state index in [0.717, 1.165) is 23.9 Å². The Morgan fingerprint density at radius 2 is 1.95 bits per heavy atom. The Morgan fingerprint density at radius 1 is 1.20 bits per heavy atom. The lowest BCUT2D eigenvalue weighted by molar-refractivity contribution is -0.255. The lowest BCUT2D eigenvalue weighted by Crippen LogP contribution is -2.23. The van der Waals surface area contributed by atoms with Crippen LogP contribution in [0.3, 0.4) is 0 Å². The number of rotatable bonds is 3. The van der Waals surface area contributed by atoms with E-state index in [4.69, 9.17) is 0 Å². The molecule has 0 fully saturated rings. The van der Waals surface area contributed by atoms with Gasteiger partial charge in [0.05, 0.1) is 11.5 Å². The number of aromatic nitrogens is 1. The second-order valence-corrected chi connectivity index (χ2v) is 4.83. The van der Waals surface area contributed by atoms with Crippen molar-refractivity contribution in [3.8, 4) is 0 Å². The first kappa shape index (κ1) is 14.4. The van der Waals surface area contributed by atoms with Gasteiger partial charge in [-0.2, -0.15) is 13.2 Å². The molecule has 2 rings (SSSR count). The number of carboxylic acids is 1. The molecule has 0 aliphatic heterocycles. The van der Waals surface area contributed by atoms with E-state index in [0.29, 0.717) is 0 Å². The van der Waals surface area contributed by atoms with Crippen LogP contribution in [-0.2, 0) is 6.18 Å². The molecule has 20 heavy (non-hydrogen) atoms. The Morgan fingerprint density at radius 3 is 2.60 bits per heavy atom. The van der Waals surface area contributed by atoms with Crippen molar-refractivity contribution in [2.45, 2.75) is 16.1 Å². The molecule has 0 bridgehead atoms. The summed E-state index contributed by atoms with van der Waals surface area (Å²) in [6.45, 7) is 0. The highest BCUT2D eigenvalue weighted by Crippen LogP contribution is 2.34. The van der Waals surface area contributed by atoms with Gasteiger partial charge in [-0.05, 0) is 30.3 Å². The summed E-state index contributed by atoms with van der Waals surface area (Å²) in [4.78, 5) is 15.0. The Balaban J connectivity index is 2.34. The molecule has 0 saturated heterocycles. The van der Waals surface area contributed by atoms with Gasteiger partial charge in [0, 0.05) is 16.7 Å². The maximum Gasteiger partial charge on any atom is 0.416 e. The van der Waals surface area contributed by atoms with E-state index < -0.39 is 17.7 Å². The number of halogens is 3. The third kappa shape index (κ3) is 3.30. The molecule has 0 aliphatic carbocycles. The fourth-order valence-corrected chi connectivity index (χ4v) is 2.41. The van der Waals surface area contributed by atoms with Crippen LogP contribution >= 0.6 is 11.8 Å². The number of carboxylic acid groups (broad SMARTS) is 1. The zero-order chi connectivity index (χ0) is 14.8. The molecule has 2 aromatic rings. The SMILES string of the molecule is O=C([O-])c1cccnc1Sc1cccc(C(F)(F)F)c1. The lowest BCUT2D eigenvalue weighted by Gasteiger charge is -2.10. The molecule has 0 spiro atoms. The number of hydrogen-bond acceptors (Lipinski definition) is 4. The normalized spacial score (nSPS) is 11.3. The largest absolute Gasteiger partial charge is 0.545 e. The number of hydrogen-bond donors (Lipinski definition) is 0. The number of carbonyl (C=O) groups excluding carboxylic acids is 1. The molecule has 0 N–H and O–H groups in total. The topological polar surface area (TPSA) is 53.0 Å². The number of pyridine rings is 1. The number of nitrogens with zero attached hydrogens (tertiary/aromatic N) is 1. The second-order valence-electron chi connectivity index (χ2n) is 3.77. The van der Waals surface area contributed by atoms with Crippen LogP contribution in [0.5, 0.6) is 0 Å². The van der Waals surface area contributed by atoms with Gasteiger partial charge in [-0.3, -0.25) is 0 Å². The minimum absolute atomic E-state index is 0.0897. The summed E-state index contributed by atoms with van der Waals surface area (Å²) in [7, 11) is 0. The van der Waals surface area contributed by atoms with Gasteiger partial charge in [0.2, 0.25) is 0 Å². The van der Waals surface area contributed by atoms with Crippen molar-refractivity contribution < 1.29 is 23.1 Å². The Bertz CT molecular complexity index is 644. The zero-order valence-electron chi connectivity index (χ0n) is 9.85. The standard InChI is InChI=1S/C13H8F3NO2S/c14-13(15,16)8-3-1-4-9(7-8)20-11-10(12(18)19)5-2-6-17-11/h1-7H,(H,18,19)/p-1. The van der Waals surface area contributed by atoms with E-state index in [1.54, 1.807) is 0 Å². The highest BCUT2D eigenvalue weighted by molar-refractivity contribution is 7.99. The first-order chi connectivity index (χ1) is 9.38. The molecular formula is C13H7F3NO2S-. The molecular weight excluding hydrogens is 291 g/mol. The summed E-state index contributed by atoms with van der Waals surface area (Å²) in [5.41, 5.74) is -0.955. The van der Waals surface area contributed by atoms with Crippen molar-refractivity contribution in [2.24, 2.45) is 0 Å². The van der Waals surface area contributed by atoms with Crippen LogP contribution in [-0.4, -0.2) is 11.0 Å². The van der Waals surface area contributed by atoms with Crippen LogP contribution in [0.15, 0.2) is 52.5 Å². The summed E-state index contributed by atoms with van der Waals surface area (Å²) in [5.74, 6) is -1.42. The van der Waals surface area contributed by atoms with Gasteiger partial charge in [0.25, 0.3) is 0 Å². The van der Waals surface area contributed by atoms with Crippen LogP contribution in [0.2, 0.25) is 0 Å². The maximum absolute atomic E-state index is 12.6. The van der Waals surface area contributed by atoms with Crippen LogP contribution in [0.1, 0.15) is 15.9 Å². The van der Waals surface area contributed by atoms with Crippen LogP contribution < -0.4 is 5.11 Å². The highest BCUT2D eigenvalue weighted by atomic mass is 32.2.